The highest BCUT2D eigenvalue weighted by Gasteiger charge is 2.20. The number of carbonyl (C=O) groups is 1. The fraction of sp³-hybridized carbons (Fsp3) is 0.692. The van der Waals surface area contributed by atoms with Crippen LogP contribution in [0.1, 0.15) is 112 Å². The lowest BCUT2D eigenvalue weighted by Gasteiger charge is -2.07. The summed E-state index contributed by atoms with van der Waals surface area (Å²) < 4.78 is 10.8. The van der Waals surface area contributed by atoms with Crippen molar-refractivity contribution in [3.63, 3.8) is 0 Å². The van der Waals surface area contributed by atoms with Crippen molar-refractivity contribution in [1.29, 1.82) is 0 Å². The number of hydrogen-bond donors (Lipinski definition) is 0. The largest absolute Gasteiger partial charge is 1.00 e. The molecule has 1 heterocycles. The van der Waals surface area contributed by atoms with Gasteiger partial charge in [0.1, 0.15) is 5.75 Å². The predicted octanol–water partition coefficient (Wildman–Crippen LogP) is 5.06. The molecule has 0 aliphatic heterocycles. The summed E-state index contributed by atoms with van der Waals surface area (Å²) in [4.78, 5) is 8.33. The van der Waals surface area contributed by atoms with E-state index in [0.717, 1.165) is 18.8 Å². The van der Waals surface area contributed by atoms with Gasteiger partial charge in [-0.1, -0.05) is 64.7 Å². The second-order valence-electron chi connectivity index (χ2n) is 9.05. The molecule has 1 aromatic carbocycles. The molecule has 0 aliphatic rings. The molecule has 0 saturated carbocycles. The summed E-state index contributed by atoms with van der Waals surface area (Å²) in [6, 6.07) is 7.45. The van der Waals surface area contributed by atoms with Crippen LogP contribution in [0.25, 0.3) is 11.0 Å². The molecule has 0 saturated heterocycles. The molecular formula is C26H44N2O4. The van der Waals surface area contributed by atoms with Gasteiger partial charge in [0.25, 0.3) is 0 Å². The monoisotopic (exact) mass is 448 g/mol. The van der Waals surface area contributed by atoms with Crippen LogP contribution >= 0.6 is 0 Å². The number of carboxylic acid groups (broad SMARTS) is 2. The molecule has 0 aliphatic carbocycles. The maximum Gasteiger partial charge on any atom is 1.00 e. The SMILES string of the molecule is CCCCCCCCCCCCOc1ccc2c(c1)n(C(C)C)c[n+]2C(C)C.O=C([O-])[O-].[H+]. The summed E-state index contributed by atoms with van der Waals surface area (Å²) in [6.07, 6.45) is 13.5. The normalized spacial score (nSPS) is 11.1. The van der Waals surface area contributed by atoms with Gasteiger partial charge in [-0.25, -0.2) is 9.13 Å². The number of unbranched alkanes of at least 4 members (excludes halogenated alkanes) is 9. The molecular weight excluding hydrogens is 404 g/mol. The van der Waals surface area contributed by atoms with E-state index in [1.807, 2.05) is 0 Å². The predicted molar refractivity (Wildman–Crippen MR) is 127 cm³/mol. The van der Waals surface area contributed by atoms with Crippen molar-refractivity contribution < 1.29 is 25.7 Å². The van der Waals surface area contributed by atoms with Crippen molar-refractivity contribution in [2.75, 3.05) is 6.61 Å². The maximum absolute atomic E-state index is 8.33. The van der Waals surface area contributed by atoms with Gasteiger partial charge in [0, 0.05) is 6.07 Å². The van der Waals surface area contributed by atoms with E-state index in [4.69, 9.17) is 19.7 Å². The molecule has 32 heavy (non-hydrogen) atoms. The minimum Gasteiger partial charge on any atom is -0.652 e. The van der Waals surface area contributed by atoms with Crippen molar-refractivity contribution in [2.45, 2.75) is 111 Å². The van der Waals surface area contributed by atoms with Gasteiger partial charge in [-0.2, -0.15) is 0 Å². The molecule has 182 valence electrons. The molecule has 0 unspecified atom stereocenters. The van der Waals surface area contributed by atoms with E-state index in [0.29, 0.717) is 12.1 Å². The zero-order valence-electron chi connectivity index (χ0n) is 21.8. The van der Waals surface area contributed by atoms with E-state index in [-0.39, 0.29) is 1.43 Å². The maximum atomic E-state index is 8.33. The lowest BCUT2D eigenvalue weighted by Crippen LogP contribution is -2.37. The second-order valence-corrected chi connectivity index (χ2v) is 9.05. The smallest absolute Gasteiger partial charge is 0.652 e. The van der Waals surface area contributed by atoms with E-state index in [2.05, 4.69) is 68.3 Å². The molecule has 0 bridgehead atoms. The van der Waals surface area contributed by atoms with Crippen LogP contribution < -0.4 is 19.5 Å². The average Bonchev–Trinajstić information content (AvgIpc) is 3.11. The third kappa shape index (κ3) is 10.4. The van der Waals surface area contributed by atoms with Gasteiger partial charge >= 0.3 is 1.43 Å². The fourth-order valence-electron chi connectivity index (χ4n) is 3.88. The van der Waals surface area contributed by atoms with Crippen LogP contribution in [-0.2, 0) is 0 Å². The summed E-state index contributed by atoms with van der Waals surface area (Å²) >= 11 is 0. The first kappa shape index (κ1) is 27.8. The molecule has 0 amide bonds. The van der Waals surface area contributed by atoms with E-state index in [9.17, 15) is 0 Å². The van der Waals surface area contributed by atoms with Gasteiger partial charge in [-0.05, 0) is 52.4 Å². The second kappa shape index (κ2) is 15.5. The summed E-state index contributed by atoms with van der Waals surface area (Å²) in [5.41, 5.74) is 2.55. The highest BCUT2D eigenvalue weighted by Crippen LogP contribution is 2.23. The van der Waals surface area contributed by atoms with Crippen LogP contribution in [0.15, 0.2) is 24.5 Å². The number of fused-ring (bicyclic) bond motifs is 1. The minimum atomic E-state index is -2.33. The van der Waals surface area contributed by atoms with Crippen molar-refractivity contribution >= 4 is 17.2 Å². The Morgan fingerprint density at radius 2 is 1.50 bits per heavy atom. The summed E-state index contributed by atoms with van der Waals surface area (Å²) in [5.74, 6) is 0.999. The number of ether oxygens (including phenoxy) is 1. The number of aromatic nitrogens is 2. The van der Waals surface area contributed by atoms with E-state index in [1.54, 1.807) is 0 Å². The number of nitrogens with zero attached hydrogens (tertiary/aromatic N) is 2. The number of benzene rings is 1. The van der Waals surface area contributed by atoms with Crippen LogP contribution in [0.3, 0.4) is 0 Å². The van der Waals surface area contributed by atoms with Gasteiger partial charge < -0.3 is 19.7 Å². The average molecular weight is 449 g/mol. The third-order valence-electron chi connectivity index (χ3n) is 5.63. The Kier molecular flexibility index (Phi) is 13.5. The first-order valence-electron chi connectivity index (χ1n) is 12.3. The molecule has 0 spiro atoms. The standard InChI is InChI=1S/C25H43N2O.CH2O3/c1-6-7-8-9-10-11-12-13-14-15-18-28-23-16-17-24-25(19-23)27(22(4)5)20-26(24)21(2)3;2-1(3)4/h16-17,19-22H,6-15,18H2,1-5H3;(H2,2,3,4)/q+1;/p-1. The lowest BCUT2D eigenvalue weighted by molar-refractivity contribution is -0.692. The topological polar surface area (TPSA) is 81.2 Å². The molecule has 2 rings (SSSR count). The Labute approximate surface area is 195 Å². The van der Waals surface area contributed by atoms with Gasteiger partial charge in [0.2, 0.25) is 6.33 Å². The Balaban J connectivity index is 0.00000189. The molecule has 6 heteroatoms. The van der Waals surface area contributed by atoms with Gasteiger partial charge in [0.15, 0.2) is 11.0 Å². The highest BCUT2D eigenvalue weighted by molar-refractivity contribution is 5.74. The third-order valence-corrected chi connectivity index (χ3v) is 5.63. The Bertz CT molecular complexity index is 786. The molecule has 6 nitrogen and oxygen atoms in total. The van der Waals surface area contributed by atoms with Crippen LogP contribution in [0.2, 0.25) is 0 Å². The number of rotatable bonds is 14. The minimum absolute atomic E-state index is 0. The van der Waals surface area contributed by atoms with Crippen LogP contribution in [0.4, 0.5) is 4.79 Å². The molecule has 2 aromatic rings. The van der Waals surface area contributed by atoms with Gasteiger partial charge in [-0.15, -0.1) is 0 Å². The van der Waals surface area contributed by atoms with Gasteiger partial charge in [-0.3, -0.25) is 0 Å². The zero-order chi connectivity index (χ0) is 23.9. The quantitative estimate of drug-likeness (QED) is 0.299. The molecule has 0 N–H and O–H groups in total. The summed E-state index contributed by atoms with van der Waals surface area (Å²) in [6.45, 7) is 12.1. The number of imidazole rings is 1. The van der Waals surface area contributed by atoms with Crippen molar-refractivity contribution in [2.24, 2.45) is 0 Å². The number of carbonyl (C=O) groups excluding carboxylic acids is 1. The van der Waals surface area contributed by atoms with Crippen molar-refractivity contribution in [3.8, 4) is 5.75 Å². The van der Waals surface area contributed by atoms with Crippen molar-refractivity contribution in [3.05, 3.63) is 24.5 Å². The first-order chi connectivity index (χ1) is 15.3. The van der Waals surface area contributed by atoms with Crippen LogP contribution in [0.5, 0.6) is 5.75 Å². The Morgan fingerprint density at radius 1 is 0.969 bits per heavy atom. The van der Waals surface area contributed by atoms with Crippen LogP contribution in [-0.4, -0.2) is 17.3 Å². The Hall–Kier alpha value is -2.24. The Morgan fingerprint density at radius 3 is 2.00 bits per heavy atom. The van der Waals surface area contributed by atoms with Crippen LogP contribution in [0, 0.1) is 0 Å². The highest BCUT2D eigenvalue weighted by atomic mass is 16.6. The molecule has 0 atom stereocenters. The molecule has 1 aromatic heterocycles. The fourth-order valence-corrected chi connectivity index (χ4v) is 3.88. The molecule has 0 fully saturated rings. The summed E-state index contributed by atoms with van der Waals surface area (Å²) in [5, 5.41) is 16.7. The van der Waals surface area contributed by atoms with Gasteiger partial charge in [0.05, 0.1) is 18.7 Å². The lowest BCUT2D eigenvalue weighted by atomic mass is 10.1. The van der Waals surface area contributed by atoms with E-state index < -0.39 is 6.16 Å². The summed E-state index contributed by atoms with van der Waals surface area (Å²) in [7, 11) is 0. The molecule has 0 radical (unpaired) electrons. The number of hydrogen-bond acceptors (Lipinski definition) is 4. The van der Waals surface area contributed by atoms with Crippen molar-refractivity contribution in [1.82, 2.24) is 4.57 Å². The van der Waals surface area contributed by atoms with E-state index >= 15 is 0 Å². The zero-order valence-corrected chi connectivity index (χ0v) is 20.8. The first-order valence-corrected chi connectivity index (χ1v) is 12.3. The van der Waals surface area contributed by atoms with E-state index in [1.165, 1.54) is 68.8 Å².